The van der Waals surface area contributed by atoms with Crippen LogP contribution in [0.1, 0.15) is 19.2 Å². The van der Waals surface area contributed by atoms with Gasteiger partial charge in [-0.15, -0.1) is 0 Å². The Morgan fingerprint density at radius 2 is 2.24 bits per heavy atom. The zero-order valence-electron chi connectivity index (χ0n) is 10.2. The summed E-state index contributed by atoms with van der Waals surface area (Å²) in [7, 11) is 1.60. The quantitative estimate of drug-likeness (QED) is 0.821. The zero-order chi connectivity index (χ0) is 12.3. The maximum Gasteiger partial charge on any atom is 0.215 e. The number of nitrogens with zero attached hydrogens (tertiary/aromatic N) is 2. The number of hydrogen-bond acceptors (Lipinski definition) is 4. The molecule has 0 aliphatic heterocycles. The van der Waals surface area contributed by atoms with Crippen molar-refractivity contribution in [2.75, 3.05) is 13.7 Å². The Bertz CT molecular complexity index is 490. The summed E-state index contributed by atoms with van der Waals surface area (Å²) < 4.78 is 5.07. The van der Waals surface area contributed by atoms with Gasteiger partial charge in [-0.25, -0.2) is 4.98 Å². The summed E-state index contributed by atoms with van der Waals surface area (Å²) >= 11 is 0. The van der Waals surface area contributed by atoms with E-state index in [1.54, 1.807) is 7.11 Å². The fraction of sp³-hybridized carbons (Fsp3) is 0.500. The highest BCUT2D eigenvalue weighted by Crippen LogP contribution is 2.16. The van der Waals surface area contributed by atoms with Crippen LogP contribution in [0.2, 0.25) is 0 Å². The molecular weight excluding hydrogens is 216 g/mol. The van der Waals surface area contributed by atoms with Crippen LogP contribution in [0.4, 0.5) is 0 Å². The third kappa shape index (κ3) is 2.55. The van der Waals surface area contributed by atoms with Crippen molar-refractivity contribution in [2.45, 2.75) is 19.8 Å². The summed E-state index contributed by atoms with van der Waals surface area (Å²) in [6.07, 6.45) is 1.93. The van der Waals surface area contributed by atoms with E-state index in [1.807, 2.05) is 12.1 Å². The van der Waals surface area contributed by atoms with Crippen LogP contribution in [0, 0.1) is 5.92 Å². The molecule has 1 atom stereocenters. The van der Waals surface area contributed by atoms with E-state index in [0.717, 1.165) is 24.2 Å². The average molecular weight is 234 g/mol. The first-order chi connectivity index (χ1) is 8.26. The van der Waals surface area contributed by atoms with Crippen LogP contribution >= 0.6 is 0 Å². The fourth-order valence-electron chi connectivity index (χ4n) is 1.80. The molecular formula is C12H18N4O. The van der Waals surface area contributed by atoms with Crippen molar-refractivity contribution < 1.29 is 4.74 Å². The number of ether oxygens (including phenoxy) is 1. The molecule has 0 fully saturated rings. The van der Waals surface area contributed by atoms with E-state index in [0.29, 0.717) is 24.0 Å². The summed E-state index contributed by atoms with van der Waals surface area (Å²) in [5, 5.41) is 0. The highest BCUT2D eigenvalue weighted by atomic mass is 16.5. The van der Waals surface area contributed by atoms with Gasteiger partial charge in [-0.2, -0.15) is 4.98 Å². The van der Waals surface area contributed by atoms with Crippen LogP contribution in [0.3, 0.4) is 0 Å². The van der Waals surface area contributed by atoms with E-state index in [9.17, 15) is 0 Å². The van der Waals surface area contributed by atoms with Crippen molar-refractivity contribution in [3.63, 3.8) is 0 Å². The van der Waals surface area contributed by atoms with Crippen molar-refractivity contribution in [3.05, 3.63) is 18.0 Å². The van der Waals surface area contributed by atoms with E-state index >= 15 is 0 Å². The first kappa shape index (κ1) is 11.9. The van der Waals surface area contributed by atoms with Gasteiger partial charge in [0.15, 0.2) is 5.65 Å². The number of aromatic amines is 1. The van der Waals surface area contributed by atoms with E-state index in [2.05, 4.69) is 21.9 Å². The second kappa shape index (κ2) is 5.14. The minimum absolute atomic E-state index is 0.470. The van der Waals surface area contributed by atoms with E-state index < -0.39 is 0 Å². The topological polar surface area (TPSA) is 76.8 Å². The van der Waals surface area contributed by atoms with Gasteiger partial charge < -0.3 is 15.5 Å². The highest BCUT2D eigenvalue weighted by molar-refractivity contribution is 5.71. The number of pyridine rings is 1. The summed E-state index contributed by atoms with van der Waals surface area (Å²) in [6, 6.07) is 3.76. The lowest BCUT2D eigenvalue weighted by molar-refractivity contribution is 0.399. The zero-order valence-corrected chi connectivity index (χ0v) is 10.2. The van der Waals surface area contributed by atoms with Crippen LogP contribution in [0.15, 0.2) is 12.1 Å². The molecule has 92 valence electrons. The molecule has 2 aromatic rings. The maximum absolute atomic E-state index is 5.69. The molecule has 0 aromatic carbocycles. The Labute approximate surface area is 100 Å². The number of hydrogen-bond donors (Lipinski definition) is 2. The summed E-state index contributed by atoms with van der Waals surface area (Å²) in [5.74, 6) is 2.00. The van der Waals surface area contributed by atoms with Crippen LogP contribution in [-0.4, -0.2) is 28.6 Å². The predicted octanol–water partition coefficient (Wildman–Crippen LogP) is 1.49. The van der Waals surface area contributed by atoms with E-state index in [-0.39, 0.29) is 0 Å². The summed E-state index contributed by atoms with van der Waals surface area (Å²) in [5.41, 5.74) is 7.33. The molecule has 17 heavy (non-hydrogen) atoms. The first-order valence-corrected chi connectivity index (χ1v) is 5.86. The number of H-pyrrole nitrogens is 1. The van der Waals surface area contributed by atoms with Crippen molar-refractivity contribution in [1.29, 1.82) is 0 Å². The molecule has 2 rings (SSSR count). The van der Waals surface area contributed by atoms with Gasteiger partial charge in [0.05, 0.1) is 12.6 Å². The van der Waals surface area contributed by atoms with Gasteiger partial charge in [-0.05, 0) is 18.5 Å². The monoisotopic (exact) mass is 234 g/mol. The van der Waals surface area contributed by atoms with Gasteiger partial charge in [0, 0.05) is 12.5 Å². The highest BCUT2D eigenvalue weighted by Gasteiger charge is 2.10. The third-order valence-electron chi connectivity index (χ3n) is 2.97. The lowest BCUT2D eigenvalue weighted by Gasteiger charge is -2.08. The number of rotatable bonds is 5. The molecule has 5 nitrogen and oxygen atoms in total. The molecule has 0 saturated carbocycles. The number of aromatic nitrogens is 3. The molecule has 5 heteroatoms. The number of nitrogens with one attached hydrogen (secondary N) is 1. The molecule has 3 N–H and O–H groups in total. The third-order valence-corrected chi connectivity index (χ3v) is 2.97. The largest absolute Gasteiger partial charge is 0.481 e. The van der Waals surface area contributed by atoms with Gasteiger partial charge >= 0.3 is 0 Å². The maximum atomic E-state index is 5.69. The van der Waals surface area contributed by atoms with Crippen LogP contribution < -0.4 is 10.5 Å². The molecule has 2 aromatic heterocycles. The molecule has 0 amide bonds. The molecule has 0 radical (unpaired) electrons. The smallest absolute Gasteiger partial charge is 0.215 e. The Morgan fingerprint density at radius 1 is 1.41 bits per heavy atom. The summed E-state index contributed by atoms with van der Waals surface area (Å²) in [4.78, 5) is 12.0. The molecule has 0 spiro atoms. The lowest BCUT2D eigenvalue weighted by atomic mass is 10.0. The summed E-state index contributed by atoms with van der Waals surface area (Å²) in [6.45, 7) is 2.83. The van der Waals surface area contributed by atoms with Crippen molar-refractivity contribution in [3.8, 4) is 5.88 Å². The van der Waals surface area contributed by atoms with Gasteiger partial charge in [0.25, 0.3) is 0 Å². The van der Waals surface area contributed by atoms with E-state index in [4.69, 9.17) is 10.5 Å². The number of methoxy groups -OCH3 is 1. The van der Waals surface area contributed by atoms with Crippen LogP contribution in [0.5, 0.6) is 5.88 Å². The number of imidazole rings is 1. The Balaban J connectivity index is 2.25. The minimum Gasteiger partial charge on any atom is -0.481 e. The van der Waals surface area contributed by atoms with Crippen LogP contribution in [0.25, 0.3) is 11.2 Å². The second-order valence-corrected chi connectivity index (χ2v) is 4.12. The van der Waals surface area contributed by atoms with Crippen molar-refractivity contribution in [1.82, 2.24) is 15.0 Å². The van der Waals surface area contributed by atoms with Crippen molar-refractivity contribution >= 4 is 11.2 Å². The average Bonchev–Trinajstić information content (AvgIpc) is 2.76. The Hall–Kier alpha value is -1.62. The lowest BCUT2D eigenvalue weighted by Crippen LogP contribution is -2.16. The normalized spacial score (nSPS) is 12.9. The molecule has 2 heterocycles. The van der Waals surface area contributed by atoms with Gasteiger partial charge in [0.2, 0.25) is 5.88 Å². The second-order valence-electron chi connectivity index (χ2n) is 4.12. The molecule has 0 aliphatic rings. The Kier molecular flexibility index (Phi) is 3.58. The molecule has 1 unspecified atom stereocenters. The molecule has 0 bridgehead atoms. The van der Waals surface area contributed by atoms with E-state index in [1.165, 1.54) is 0 Å². The standard InChI is InChI=1S/C12H18N4O/c1-3-8(7-13)6-10-14-9-4-5-11(17-2)16-12(9)15-10/h4-5,8H,3,6-7,13H2,1-2H3,(H,14,15,16). The molecule has 0 aliphatic carbocycles. The number of fused-ring (bicyclic) bond motifs is 1. The first-order valence-electron chi connectivity index (χ1n) is 5.86. The van der Waals surface area contributed by atoms with Crippen molar-refractivity contribution in [2.24, 2.45) is 11.7 Å². The van der Waals surface area contributed by atoms with Gasteiger partial charge in [-0.3, -0.25) is 0 Å². The fourth-order valence-corrected chi connectivity index (χ4v) is 1.80. The number of nitrogens with two attached hydrogens (primary N) is 1. The minimum atomic E-state index is 0.470. The Morgan fingerprint density at radius 3 is 2.88 bits per heavy atom. The van der Waals surface area contributed by atoms with Gasteiger partial charge in [0.1, 0.15) is 5.82 Å². The van der Waals surface area contributed by atoms with Crippen LogP contribution in [-0.2, 0) is 6.42 Å². The predicted molar refractivity (Wildman–Crippen MR) is 67.0 cm³/mol. The molecule has 0 saturated heterocycles. The SMILES string of the molecule is CCC(CN)Cc1nc2nc(OC)ccc2[nH]1. The van der Waals surface area contributed by atoms with Gasteiger partial charge in [-0.1, -0.05) is 13.3 Å².